The predicted octanol–water partition coefficient (Wildman–Crippen LogP) is 4.00. The second-order valence-electron chi connectivity index (χ2n) is 6.63. The smallest absolute Gasteiger partial charge is 0.274 e. The van der Waals surface area contributed by atoms with E-state index in [2.05, 4.69) is 24.3 Å². The maximum atomic E-state index is 13.1. The summed E-state index contributed by atoms with van der Waals surface area (Å²) >= 11 is 1.62. The van der Waals surface area contributed by atoms with E-state index in [1.807, 2.05) is 36.6 Å². The molecule has 0 fully saturated rings. The van der Waals surface area contributed by atoms with Crippen LogP contribution in [-0.4, -0.2) is 15.7 Å². The molecule has 6 heteroatoms. The topological polar surface area (TPSA) is 64.0 Å². The molecule has 3 aromatic rings. The molecule has 2 heterocycles. The molecule has 1 atom stereocenters. The number of amides is 1. The molecule has 0 aliphatic heterocycles. The van der Waals surface area contributed by atoms with Crippen molar-refractivity contribution in [3.63, 3.8) is 0 Å². The number of fused-ring (bicyclic) bond motifs is 1. The highest BCUT2D eigenvalue weighted by molar-refractivity contribution is 7.10. The first-order valence-corrected chi connectivity index (χ1v) is 9.75. The third-order valence-corrected chi connectivity index (χ3v) is 5.28. The van der Waals surface area contributed by atoms with Crippen LogP contribution in [0.25, 0.3) is 10.8 Å². The Morgan fingerprint density at radius 2 is 1.92 bits per heavy atom. The van der Waals surface area contributed by atoms with Gasteiger partial charge in [-0.25, -0.2) is 4.68 Å². The van der Waals surface area contributed by atoms with Crippen molar-refractivity contribution in [2.75, 3.05) is 0 Å². The minimum absolute atomic E-state index is 0.0883. The van der Waals surface area contributed by atoms with Gasteiger partial charge in [-0.15, -0.1) is 11.3 Å². The van der Waals surface area contributed by atoms with Crippen LogP contribution in [0.15, 0.2) is 46.6 Å². The lowest BCUT2D eigenvalue weighted by atomic mass is 10.0. The van der Waals surface area contributed by atoms with E-state index in [9.17, 15) is 9.59 Å². The van der Waals surface area contributed by atoms with Gasteiger partial charge in [-0.3, -0.25) is 9.59 Å². The van der Waals surface area contributed by atoms with Gasteiger partial charge in [0, 0.05) is 16.8 Å². The van der Waals surface area contributed by atoms with Crippen LogP contribution >= 0.6 is 11.3 Å². The number of aryl methyl sites for hydroxylation is 1. The quantitative estimate of drug-likeness (QED) is 0.714. The van der Waals surface area contributed by atoms with Crippen LogP contribution in [0.3, 0.4) is 0 Å². The second-order valence-corrected chi connectivity index (χ2v) is 7.61. The average Bonchev–Trinajstić information content (AvgIpc) is 3.16. The Bertz CT molecular complexity index is 961. The number of hydrogen-bond acceptors (Lipinski definition) is 4. The molecule has 1 unspecified atom stereocenters. The zero-order valence-corrected chi connectivity index (χ0v) is 16.0. The Morgan fingerprint density at radius 3 is 2.54 bits per heavy atom. The van der Waals surface area contributed by atoms with Crippen LogP contribution in [0.5, 0.6) is 0 Å². The van der Waals surface area contributed by atoms with Gasteiger partial charge in [0.25, 0.3) is 11.5 Å². The SMILES string of the molecule is CCCn1nc(C(=O)NC(c2cccs2)C(C)C)c2ccccc2c1=O. The van der Waals surface area contributed by atoms with Gasteiger partial charge in [-0.1, -0.05) is 45.0 Å². The van der Waals surface area contributed by atoms with E-state index in [0.717, 1.165) is 11.3 Å². The lowest BCUT2D eigenvalue weighted by Gasteiger charge is -2.21. The van der Waals surface area contributed by atoms with Crippen LogP contribution in [0.4, 0.5) is 0 Å². The Hall–Kier alpha value is -2.47. The third-order valence-electron chi connectivity index (χ3n) is 4.32. The monoisotopic (exact) mass is 369 g/mol. The normalized spacial score (nSPS) is 12.5. The summed E-state index contributed by atoms with van der Waals surface area (Å²) in [6, 6.07) is 11.1. The van der Waals surface area contributed by atoms with E-state index in [-0.39, 0.29) is 23.4 Å². The van der Waals surface area contributed by atoms with Crippen molar-refractivity contribution in [3.8, 4) is 0 Å². The molecule has 2 aromatic heterocycles. The maximum absolute atomic E-state index is 13.1. The molecule has 136 valence electrons. The molecular formula is C20H23N3O2S. The fraction of sp³-hybridized carbons (Fsp3) is 0.350. The van der Waals surface area contributed by atoms with Gasteiger partial charge in [-0.05, 0) is 29.9 Å². The summed E-state index contributed by atoms with van der Waals surface area (Å²) in [7, 11) is 0. The number of thiophene rings is 1. The number of carbonyl (C=O) groups excluding carboxylic acids is 1. The van der Waals surface area contributed by atoms with E-state index >= 15 is 0 Å². The first-order valence-electron chi connectivity index (χ1n) is 8.87. The van der Waals surface area contributed by atoms with Gasteiger partial charge in [0.15, 0.2) is 5.69 Å². The number of nitrogens with one attached hydrogen (secondary N) is 1. The molecule has 0 spiro atoms. The lowest BCUT2D eigenvalue weighted by Crippen LogP contribution is -2.34. The molecule has 0 bridgehead atoms. The molecule has 0 aliphatic rings. The summed E-state index contributed by atoms with van der Waals surface area (Å²) in [5, 5.41) is 10.6. The van der Waals surface area contributed by atoms with Crippen molar-refractivity contribution in [1.29, 1.82) is 0 Å². The Morgan fingerprint density at radius 1 is 1.19 bits per heavy atom. The molecule has 1 N–H and O–H groups in total. The highest BCUT2D eigenvalue weighted by Crippen LogP contribution is 2.26. The van der Waals surface area contributed by atoms with Gasteiger partial charge in [0.2, 0.25) is 0 Å². The summed E-state index contributed by atoms with van der Waals surface area (Å²) < 4.78 is 1.40. The standard InChI is InChI=1S/C20H23N3O2S/c1-4-11-23-20(25)15-9-6-5-8-14(15)18(22-23)19(24)21-17(13(2)3)16-10-7-12-26-16/h5-10,12-13,17H,4,11H2,1-3H3,(H,21,24). The van der Waals surface area contributed by atoms with E-state index < -0.39 is 0 Å². The summed E-state index contributed by atoms with van der Waals surface area (Å²) in [6.07, 6.45) is 0.774. The van der Waals surface area contributed by atoms with Crippen LogP contribution in [0.2, 0.25) is 0 Å². The number of aromatic nitrogens is 2. The summed E-state index contributed by atoms with van der Waals surface area (Å²) in [5.41, 5.74) is 0.147. The molecule has 0 saturated carbocycles. The highest BCUT2D eigenvalue weighted by atomic mass is 32.1. The molecule has 26 heavy (non-hydrogen) atoms. The van der Waals surface area contributed by atoms with Crippen molar-refractivity contribution >= 4 is 28.0 Å². The van der Waals surface area contributed by atoms with E-state index in [1.165, 1.54) is 4.68 Å². The summed E-state index contributed by atoms with van der Waals surface area (Å²) in [5.74, 6) is -0.0106. The van der Waals surface area contributed by atoms with Gasteiger partial charge in [0.1, 0.15) is 0 Å². The van der Waals surface area contributed by atoms with E-state index in [0.29, 0.717) is 23.0 Å². The molecule has 0 radical (unpaired) electrons. The molecule has 0 saturated heterocycles. The number of benzene rings is 1. The fourth-order valence-electron chi connectivity index (χ4n) is 3.01. The van der Waals surface area contributed by atoms with Crippen LogP contribution in [0.1, 0.15) is 48.6 Å². The summed E-state index contributed by atoms with van der Waals surface area (Å²) in [4.78, 5) is 26.7. The minimum Gasteiger partial charge on any atom is -0.343 e. The van der Waals surface area contributed by atoms with Gasteiger partial charge >= 0.3 is 0 Å². The summed E-state index contributed by atoms with van der Waals surface area (Å²) in [6.45, 7) is 6.62. The maximum Gasteiger partial charge on any atom is 0.274 e. The fourth-order valence-corrected chi connectivity index (χ4v) is 3.96. The molecule has 0 aliphatic carbocycles. The van der Waals surface area contributed by atoms with Gasteiger partial charge in [-0.2, -0.15) is 5.10 Å². The average molecular weight is 369 g/mol. The number of rotatable bonds is 6. The number of nitrogens with zero attached hydrogens (tertiary/aromatic N) is 2. The van der Waals surface area contributed by atoms with E-state index in [1.54, 1.807) is 23.5 Å². The van der Waals surface area contributed by atoms with E-state index in [4.69, 9.17) is 0 Å². The van der Waals surface area contributed by atoms with Crippen molar-refractivity contribution in [1.82, 2.24) is 15.1 Å². The zero-order valence-electron chi connectivity index (χ0n) is 15.2. The Kier molecular flexibility index (Phi) is 5.52. The Balaban J connectivity index is 2.05. The third kappa shape index (κ3) is 3.55. The van der Waals surface area contributed by atoms with Crippen molar-refractivity contribution in [2.45, 2.75) is 39.8 Å². The molecule has 3 rings (SSSR count). The highest BCUT2D eigenvalue weighted by Gasteiger charge is 2.23. The number of carbonyl (C=O) groups is 1. The van der Waals surface area contributed by atoms with Gasteiger partial charge < -0.3 is 5.32 Å². The van der Waals surface area contributed by atoms with Crippen LogP contribution in [0, 0.1) is 5.92 Å². The zero-order chi connectivity index (χ0) is 18.7. The van der Waals surface area contributed by atoms with Crippen molar-refractivity contribution < 1.29 is 4.79 Å². The molecule has 1 amide bonds. The largest absolute Gasteiger partial charge is 0.343 e. The molecule has 5 nitrogen and oxygen atoms in total. The van der Waals surface area contributed by atoms with Gasteiger partial charge in [0.05, 0.1) is 11.4 Å². The van der Waals surface area contributed by atoms with Crippen molar-refractivity contribution in [3.05, 3.63) is 62.7 Å². The second kappa shape index (κ2) is 7.83. The predicted molar refractivity (Wildman–Crippen MR) is 106 cm³/mol. The minimum atomic E-state index is -0.252. The Labute approximate surface area is 156 Å². The molecule has 1 aromatic carbocycles. The molecular weight excluding hydrogens is 346 g/mol. The van der Waals surface area contributed by atoms with Crippen molar-refractivity contribution in [2.24, 2.45) is 5.92 Å². The first-order chi connectivity index (χ1) is 12.5. The number of hydrogen-bond donors (Lipinski definition) is 1. The van der Waals surface area contributed by atoms with Crippen LogP contribution in [-0.2, 0) is 6.54 Å². The first kappa shape index (κ1) is 18.3. The lowest BCUT2D eigenvalue weighted by molar-refractivity contribution is 0.0921. The van der Waals surface area contributed by atoms with Crippen LogP contribution < -0.4 is 10.9 Å².